The van der Waals surface area contributed by atoms with Gasteiger partial charge in [0.15, 0.2) is 0 Å². The van der Waals surface area contributed by atoms with Crippen molar-refractivity contribution in [2.24, 2.45) is 0 Å². The van der Waals surface area contributed by atoms with Gasteiger partial charge < -0.3 is 10.2 Å². The van der Waals surface area contributed by atoms with E-state index in [4.69, 9.17) is 0 Å². The van der Waals surface area contributed by atoms with Crippen molar-refractivity contribution in [1.82, 2.24) is 10.2 Å². The minimum atomic E-state index is 0.659. The molecule has 3 heteroatoms. The Hall–Kier alpha value is 0.270. The highest BCUT2D eigenvalue weighted by atomic mass is 32.2. The number of hydrogen-bond acceptors (Lipinski definition) is 3. The van der Waals surface area contributed by atoms with Crippen molar-refractivity contribution in [1.29, 1.82) is 0 Å². The second kappa shape index (κ2) is 9.49. The maximum absolute atomic E-state index is 3.54. The zero-order valence-corrected chi connectivity index (χ0v) is 11.9. The van der Waals surface area contributed by atoms with E-state index < -0.39 is 0 Å². The number of thioether (sulfide) groups is 1. The van der Waals surface area contributed by atoms with Gasteiger partial charge in [-0.3, -0.25) is 0 Å². The van der Waals surface area contributed by atoms with E-state index in [0.717, 1.165) is 11.8 Å². The van der Waals surface area contributed by atoms with Gasteiger partial charge in [-0.15, -0.1) is 0 Å². The Morgan fingerprint density at radius 2 is 1.93 bits per heavy atom. The first-order valence-electron chi connectivity index (χ1n) is 6.06. The molecule has 0 saturated heterocycles. The first kappa shape index (κ1) is 15.3. The van der Waals surface area contributed by atoms with Gasteiger partial charge in [0.05, 0.1) is 0 Å². The smallest absolute Gasteiger partial charge is 0.00663 e. The molecule has 15 heavy (non-hydrogen) atoms. The van der Waals surface area contributed by atoms with Gasteiger partial charge in [-0.25, -0.2) is 0 Å². The van der Waals surface area contributed by atoms with Crippen molar-refractivity contribution in [2.75, 3.05) is 32.9 Å². The molecule has 2 unspecified atom stereocenters. The summed E-state index contributed by atoms with van der Waals surface area (Å²) in [5.41, 5.74) is 0. The highest BCUT2D eigenvalue weighted by Gasteiger charge is 2.08. The van der Waals surface area contributed by atoms with Crippen LogP contribution in [0.3, 0.4) is 0 Å². The van der Waals surface area contributed by atoms with Crippen molar-refractivity contribution in [2.45, 2.75) is 44.9 Å². The predicted octanol–water partition coefficient (Wildman–Crippen LogP) is 2.45. The maximum Gasteiger partial charge on any atom is 0.00663 e. The summed E-state index contributed by atoms with van der Waals surface area (Å²) >= 11 is 2.08. The maximum atomic E-state index is 3.54. The molecule has 0 aromatic heterocycles. The molecular formula is C12H28N2S. The van der Waals surface area contributed by atoms with Crippen LogP contribution in [0.15, 0.2) is 0 Å². The molecule has 0 rings (SSSR count). The van der Waals surface area contributed by atoms with Gasteiger partial charge in [0.2, 0.25) is 0 Å². The Kier molecular flexibility index (Phi) is 9.66. The van der Waals surface area contributed by atoms with E-state index in [9.17, 15) is 0 Å². The van der Waals surface area contributed by atoms with E-state index in [1.165, 1.54) is 25.1 Å². The molecule has 0 aromatic carbocycles. The van der Waals surface area contributed by atoms with Gasteiger partial charge in [-0.1, -0.05) is 13.8 Å². The summed E-state index contributed by atoms with van der Waals surface area (Å²) in [5, 5.41) is 4.31. The third-order valence-electron chi connectivity index (χ3n) is 2.37. The summed E-state index contributed by atoms with van der Waals surface area (Å²) in [6.07, 6.45) is 2.50. The first-order chi connectivity index (χ1) is 7.06. The third-order valence-corrected chi connectivity index (χ3v) is 3.55. The van der Waals surface area contributed by atoms with Gasteiger partial charge in [0, 0.05) is 23.6 Å². The van der Waals surface area contributed by atoms with Crippen LogP contribution in [0, 0.1) is 0 Å². The lowest BCUT2D eigenvalue weighted by molar-refractivity contribution is 0.437. The van der Waals surface area contributed by atoms with E-state index >= 15 is 0 Å². The van der Waals surface area contributed by atoms with Gasteiger partial charge in [-0.2, -0.15) is 11.8 Å². The van der Waals surface area contributed by atoms with Crippen molar-refractivity contribution < 1.29 is 0 Å². The zero-order valence-electron chi connectivity index (χ0n) is 11.0. The lowest BCUT2D eigenvalue weighted by Crippen LogP contribution is -2.29. The molecule has 0 radical (unpaired) electrons. The quantitative estimate of drug-likeness (QED) is 0.657. The highest BCUT2D eigenvalue weighted by molar-refractivity contribution is 7.99. The topological polar surface area (TPSA) is 15.3 Å². The molecule has 0 spiro atoms. The predicted molar refractivity (Wildman–Crippen MR) is 72.8 cm³/mol. The monoisotopic (exact) mass is 232 g/mol. The number of nitrogens with zero attached hydrogens (tertiary/aromatic N) is 1. The standard InChI is InChI=1S/C12H28N2S/c1-6-7-13-11(2)10-12(3)15-9-8-14(4)5/h11-13H,6-10H2,1-5H3. The normalized spacial score (nSPS) is 15.6. The molecule has 0 aromatic rings. The Morgan fingerprint density at radius 1 is 1.27 bits per heavy atom. The molecule has 0 heterocycles. The van der Waals surface area contributed by atoms with Crippen molar-refractivity contribution in [3.05, 3.63) is 0 Å². The van der Waals surface area contributed by atoms with Crippen molar-refractivity contribution in [3.63, 3.8) is 0 Å². The van der Waals surface area contributed by atoms with Gasteiger partial charge >= 0.3 is 0 Å². The summed E-state index contributed by atoms with van der Waals surface area (Å²) in [4.78, 5) is 2.25. The van der Waals surface area contributed by atoms with E-state index in [1.54, 1.807) is 0 Å². The van der Waals surface area contributed by atoms with Gasteiger partial charge in [0.25, 0.3) is 0 Å². The van der Waals surface area contributed by atoms with Crippen LogP contribution in [-0.2, 0) is 0 Å². The minimum absolute atomic E-state index is 0.659. The molecule has 2 nitrogen and oxygen atoms in total. The summed E-state index contributed by atoms with van der Waals surface area (Å²) in [7, 11) is 4.27. The molecule has 0 aliphatic heterocycles. The van der Waals surface area contributed by atoms with Crippen molar-refractivity contribution in [3.8, 4) is 0 Å². The zero-order chi connectivity index (χ0) is 11.7. The summed E-state index contributed by atoms with van der Waals surface area (Å²) in [6, 6.07) is 0.659. The van der Waals surface area contributed by atoms with Crippen LogP contribution in [0.5, 0.6) is 0 Å². The van der Waals surface area contributed by atoms with E-state index in [0.29, 0.717) is 6.04 Å². The van der Waals surface area contributed by atoms with Crippen LogP contribution in [0.25, 0.3) is 0 Å². The minimum Gasteiger partial charge on any atom is -0.314 e. The van der Waals surface area contributed by atoms with Crippen LogP contribution in [0.1, 0.15) is 33.6 Å². The number of rotatable bonds is 9. The van der Waals surface area contributed by atoms with Crippen LogP contribution < -0.4 is 5.32 Å². The number of nitrogens with one attached hydrogen (secondary N) is 1. The van der Waals surface area contributed by atoms with E-state index in [2.05, 4.69) is 56.8 Å². The molecule has 0 aliphatic rings. The Labute approximate surface area is 100 Å². The van der Waals surface area contributed by atoms with Crippen LogP contribution in [0.2, 0.25) is 0 Å². The summed E-state index contributed by atoms with van der Waals surface area (Å²) in [5.74, 6) is 1.24. The van der Waals surface area contributed by atoms with Crippen LogP contribution >= 0.6 is 11.8 Å². The average Bonchev–Trinajstić information content (AvgIpc) is 2.14. The molecule has 2 atom stereocenters. The van der Waals surface area contributed by atoms with E-state index in [1.807, 2.05) is 0 Å². The fourth-order valence-electron chi connectivity index (χ4n) is 1.48. The molecule has 0 fully saturated rings. The molecule has 92 valence electrons. The second-order valence-corrected chi connectivity index (χ2v) is 6.12. The van der Waals surface area contributed by atoms with Gasteiger partial charge in [0.1, 0.15) is 0 Å². The molecule has 0 amide bonds. The summed E-state index contributed by atoms with van der Waals surface area (Å²) in [6.45, 7) is 9.18. The molecule has 0 aliphatic carbocycles. The molecule has 0 bridgehead atoms. The average molecular weight is 232 g/mol. The fraction of sp³-hybridized carbons (Fsp3) is 1.00. The first-order valence-corrected chi connectivity index (χ1v) is 7.10. The Bertz CT molecular complexity index is 140. The van der Waals surface area contributed by atoms with E-state index in [-0.39, 0.29) is 0 Å². The lowest BCUT2D eigenvalue weighted by Gasteiger charge is -2.19. The largest absolute Gasteiger partial charge is 0.314 e. The van der Waals surface area contributed by atoms with Crippen LogP contribution in [0.4, 0.5) is 0 Å². The van der Waals surface area contributed by atoms with Crippen LogP contribution in [-0.4, -0.2) is 49.1 Å². The Morgan fingerprint density at radius 3 is 2.47 bits per heavy atom. The highest BCUT2D eigenvalue weighted by Crippen LogP contribution is 2.15. The third kappa shape index (κ3) is 10.6. The fourth-order valence-corrected chi connectivity index (χ4v) is 2.77. The van der Waals surface area contributed by atoms with Gasteiger partial charge in [-0.05, 0) is 40.4 Å². The lowest BCUT2D eigenvalue weighted by atomic mass is 10.2. The summed E-state index contributed by atoms with van der Waals surface area (Å²) < 4.78 is 0. The SMILES string of the molecule is CCCNC(C)CC(C)SCCN(C)C. The molecule has 1 N–H and O–H groups in total. The molecule has 0 saturated carbocycles. The van der Waals surface area contributed by atoms with Crippen molar-refractivity contribution >= 4 is 11.8 Å². The number of hydrogen-bond donors (Lipinski definition) is 1. The second-order valence-electron chi connectivity index (χ2n) is 4.58. The molecular weight excluding hydrogens is 204 g/mol. The Balaban J connectivity index is 3.42.